The number of aromatic nitrogens is 2. The summed E-state index contributed by atoms with van der Waals surface area (Å²) >= 11 is 0. The quantitative estimate of drug-likeness (QED) is 0.0584. The minimum atomic E-state index is 1.23. The molecule has 0 unspecified atom stereocenters. The number of hydrogen-bond acceptors (Lipinski definition) is 0. The number of hydrogen-bond donors (Lipinski definition) is 0. The van der Waals surface area contributed by atoms with Gasteiger partial charge in [-0.25, -0.2) is 9.13 Å². The normalized spacial score (nSPS) is 11.6. The van der Waals surface area contributed by atoms with E-state index in [1.54, 1.807) is 5.82 Å². The van der Waals surface area contributed by atoms with E-state index in [1.807, 2.05) is 0 Å². The smallest absolute Gasteiger partial charge is 0.234 e. The average Bonchev–Trinajstić information content (AvgIpc) is 3.37. The van der Waals surface area contributed by atoms with Gasteiger partial charge in [-0.15, -0.1) is 0 Å². The monoisotopic (exact) mass is 574 g/mol. The van der Waals surface area contributed by atoms with Gasteiger partial charge in [-0.05, 0) is 32.1 Å². The second-order valence-corrected chi connectivity index (χ2v) is 13.4. The minimum Gasteiger partial charge on any atom is -0.234 e. The number of unbranched alkanes of at least 4 members (excludes halogenated alkanes) is 27. The summed E-state index contributed by atoms with van der Waals surface area (Å²) in [6.07, 6.45) is 48.9. The zero-order chi connectivity index (χ0) is 29.5. The van der Waals surface area contributed by atoms with Crippen molar-refractivity contribution < 1.29 is 4.57 Å². The van der Waals surface area contributed by atoms with E-state index < -0.39 is 0 Å². The largest absolute Gasteiger partial charge is 0.256 e. The third-order valence-corrected chi connectivity index (χ3v) is 9.35. The molecule has 1 heterocycles. The molecule has 1 aromatic heterocycles. The highest BCUT2D eigenvalue weighted by Crippen LogP contribution is 2.15. The Labute approximate surface area is 259 Å². The second kappa shape index (κ2) is 30.7. The van der Waals surface area contributed by atoms with E-state index in [9.17, 15) is 0 Å². The Bertz CT molecular complexity index is 634. The standard InChI is InChI=1S/C39H77N2/c1-4-7-10-13-16-19-21-22-24-27-30-33-36-41-38-37-40(35-32-29-26-18-15-12-9-6-3)39(41)34-31-28-25-23-20-17-14-11-8-5-2/h37-38H,4-36H2,1-3H3/q+1. The summed E-state index contributed by atoms with van der Waals surface area (Å²) in [5.74, 6) is 1.62. The van der Waals surface area contributed by atoms with Crippen LogP contribution in [0, 0.1) is 0 Å². The van der Waals surface area contributed by atoms with Crippen LogP contribution in [0.2, 0.25) is 0 Å². The molecule has 0 aliphatic heterocycles. The van der Waals surface area contributed by atoms with Gasteiger partial charge in [0.15, 0.2) is 0 Å². The van der Waals surface area contributed by atoms with Gasteiger partial charge in [0.25, 0.3) is 5.82 Å². The summed E-state index contributed by atoms with van der Waals surface area (Å²) in [4.78, 5) is 0. The van der Waals surface area contributed by atoms with E-state index in [0.717, 1.165) is 0 Å². The molecule has 0 radical (unpaired) electrons. The first-order valence-electron chi connectivity index (χ1n) is 19.4. The number of rotatable bonds is 33. The van der Waals surface area contributed by atoms with Crippen LogP contribution in [0.25, 0.3) is 0 Å². The maximum atomic E-state index is 2.63. The van der Waals surface area contributed by atoms with Crippen LogP contribution in [0.4, 0.5) is 0 Å². The first-order chi connectivity index (χ1) is 20.3. The van der Waals surface area contributed by atoms with Crippen molar-refractivity contribution in [1.82, 2.24) is 4.57 Å². The van der Waals surface area contributed by atoms with Crippen molar-refractivity contribution in [1.29, 1.82) is 0 Å². The predicted octanol–water partition coefficient (Wildman–Crippen LogP) is 13.1. The third kappa shape index (κ3) is 23.4. The summed E-state index contributed by atoms with van der Waals surface area (Å²) in [6.45, 7) is 9.40. The van der Waals surface area contributed by atoms with Gasteiger partial charge in [0.2, 0.25) is 0 Å². The Morgan fingerprint density at radius 1 is 0.415 bits per heavy atom. The predicted molar refractivity (Wildman–Crippen MR) is 184 cm³/mol. The Morgan fingerprint density at radius 2 is 0.756 bits per heavy atom. The van der Waals surface area contributed by atoms with Crippen LogP contribution in [-0.4, -0.2) is 4.57 Å². The molecule has 2 heteroatoms. The van der Waals surface area contributed by atoms with Crippen LogP contribution in [0.3, 0.4) is 0 Å². The maximum absolute atomic E-state index is 2.63. The van der Waals surface area contributed by atoms with Gasteiger partial charge < -0.3 is 0 Å². The number of nitrogens with zero attached hydrogens (tertiary/aromatic N) is 2. The van der Waals surface area contributed by atoms with E-state index in [-0.39, 0.29) is 0 Å². The topological polar surface area (TPSA) is 8.81 Å². The summed E-state index contributed by atoms with van der Waals surface area (Å²) in [7, 11) is 0. The molecule has 0 amide bonds. The molecule has 1 aromatic rings. The van der Waals surface area contributed by atoms with Gasteiger partial charge in [0.1, 0.15) is 12.4 Å². The summed E-state index contributed by atoms with van der Waals surface area (Å²) < 4.78 is 5.26. The number of imidazole rings is 1. The Kier molecular flexibility index (Phi) is 28.6. The van der Waals surface area contributed by atoms with Gasteiger partial charge in [0, 0.05) is 6.42 Å². The molecule has 41 heavy (non-hydrogen) atoms. The molecule has 0 spiro atoms. The van der Waals surface area contributed by atoms with Crippen molar-refractivity contribution in [2.75, 3.05) is 0 Å². The van der Waals surface area contributed by atoms with Crippen molar-refractivity contribution in [3.8, 4) is 0 Å². The Hall–Kier alpha value is -0.790. The number of aryl methyl sites for hydroxylation is 2. The summed E-state index contributed by atoms with van der Waals surface area (Å²) in [6, 6.07) is 0. The van der Waals surface area contributed by atoms with Gasteiger partial charge in [-0.2, -0.15) is 0 Å². The van der Waals surface area contributed by atoms with Gasteiger partial charge >= 0.3 is 0 Å². The summed E-state index contributed by atoms with van der Waals surface area (Å²) in [5.41, 5.74) is 0. The fourth-order valence-electron chi connectivity index (χ4n) is 6.50. The highest BCUT2D eigenvalue weighted by atomic mass is 15.1. The fourth-order valence-corrected chi connectivity index (χ4v) is 6.50. The van der Waals surface area contributed by atoms with Crippen LogP contribution in [-0.2, 0) is 19.5 Å². The van der Waals surface area contributed by atoms with Gasteiger partial charge in [0.05, 0.1) is 13.1 Å². The van der Waals surface area contributed by atoms with Gasteiger partial charge in [-0.3, -0.25) is 0 Å². The van der Waals surface area contributed by atoms with Crippen molar-refractivity contribution in [3.63, 3.8) is 0 Å². The van der Waals surface area contributed by atoms with Crippen molar-refractivity contribution >= 4 is 0 Å². The average molecular weight is 574 g/mol. The molecule has 0 N–H and O–H groups in total. The lowest BCUT2D eigenvalue weighted by Crippen LogP contribution is -2.37. The molecule has 0 saturated heterocycles. The van der Waals surface area contributed by atoms with E-state index in [4.69, 9.17) is 0 Å². The first kappa shape index (κ1) is 38.2. The zero-order valence-corrected chi connectivity index (χ0v) is 28.9. The van der Waals surface area contributed by atoms with Crippen LogP contribution in [0.1, 0.15) is 219 Å². The highest BCUT2D eigenvalue weighted by molar-refractivity contribution is 4.84. The molecule has 0 saturated carbocycles. The molecule has 0 aromatic carbocycles. The molecule has 0 aliphatic rings. The lowest BCUT2D eigenvalue weighted by Gasteiger charge is -2.07. The van der Waals surface area contributed by atoms with E-state index in [2.05, 4.69) is 42.3 Å². The SMILES string of the molecule is CCCCCCCCCCCCCC[n+]1ccn(CCCCCCCCCC)c1CCCCCCCCCCCC. The van der Waals surface area contributed by atoms with Crippen LogP contribution < -0.4 is 4.57 Å². The van der Waals surface area contributed by atoms with E-state index in [0.29, 0.717) is 0 Å². The Morgan fingerprint density at radius 3 is 1.17 bits per heavy atom. The molecular weight excluding hydrogens is 496 g/mol. The molecule has 1 rings (SSSR count). The minimum absolute atomic E-state index is 1.23. The van der Waals surface area contributed by atoms with Crippen molar-refractivity contribution in [3.05, 3.63) is 18.2 Å². The lowest BCUT2D eigenvalue weighted by molar-refractivity contribution is -0.704. The van der Waals surface area contributed by atoms with E-state index in [1.165, 1.54) is 212 Å². The molecule has 2 nitrogen and oxygen atoms in total. The maximum Gasteiger partial charge on any atom is 0.256 e. The first-order valence-corrected chi connectivity index (χ1v) is 19.4. The molecule has 0 fully saturated rings. The van der Waals surface area contributed by atoms with Crippen LogP contribution in [0.15, 0.2) is 12.4 Å². The van der Waals surface area contributed by atoms with Crippen LogP contribution in [0.5, 0.6) is 0 Å². The second-order valence-electron chi connectivity index (χ2n) is 13.4. The van der Waals surface area contributed by atoms with E-state index >= 15 is 0 Å². The molecule has 242 valence electrons. The molecule has 0 aliphatic carbocycles. The Balaban J connectivity index is 2.30. The highest BCUT2D eigenvalue weighted by Gasteiger charge is 2.16. The van der Waals surface area contributed by atoms with Crippen molar-refractivity contribution in [2.24, 2.45) is 0 Å². The molecule has 0 bridgehead atoms. The van der Waals surface area contributed by atoms with Gasteiger partial charge in [-0.1, -0.05) is 181 Å². The molecular formula is C39H77N2+. The molecule has 0 atom stereocenters. The fraction of sp³-hybridized carbons (Fsp3) is 0.923. The van der Waals surface area contributed by atoms with Crippen molar-refractivity contribution in [2.45, 2.75) is 233 Å². The summed E-state index contributed by atoms with van der Waals surface area (Å²) in [5, 5.41) is 0. The third-order valence-electron chi connectivity index (χ3n) is 9.35. The van der Waals surface area contributed by atoms with Crippen LogP contribution >= 0.6 is 0 Å². The zero-order valence-electron chi connectivity index (χ0n) is 28.9. The lowest BCUT2D eigenvalue weighted by atomic mass is 10.1.